The number of benzene rings is 1. The zero-order valence-corrected chi connectivity index (χ0v) is 14.9. The van der Waals surface area contributed by atoms with Gasteiger partial charge in [-0.3, -0.25) is 0 Å². The number of hydrogen-bond donors (Lipinski definition) is 1. The van der Waals surface area contributed by atoms with E-state index in [1.165, 1.54) is 0 Å². The third-order valence-electron chi connectivity index (χ3n) is 4.01. The van der Waals surface area contributed by atoms with Crippen LogP contribution in [0.1, 0.15) is 41.0 Å². The van der Waals surface area contributed by atoms with Crippen molar-refractivity contribution >= 4 is 15.7 Å². The van der Waals surface area contributed by atoms with E-state index in [1.807, 2.05) is 30.3 Å². The molecule has 1 aromatic rings. The number of hydrogen-bond acceptors (Lipinski definition) is 2. The molecular weight excluding hydrogens is 276 g/mol. The first kappa shape index (κ1) is 18.1. The number of allylic oxidation sites excluding steroid dienone is 1. The third-order valence-corrected chi connectivity index (χ3v) is 5.21. The Morgan fingerprint density at radius 3 is 2.48 bits per heavy atom. The van der Waals surface area contributed by atoms with Gasteiger partial charge in [-0.25, -0.2) is 0 Å². The van der Waals surface area contributed by atoms with E-state index in [4.69, 9.17) is 4.52 Å². The maximum Gasteiger partial charge on any atom is 0.203 e. The first-order valence-corrected chi connectivity index (χ1v) is 8.60. The monoisotopic (exact) mass is 304 g/mol. The summed E-state index contributed by atoms with van der Waals surface area (Å²) in [6, 6.07) is 9.98. The largest absolute Gasteiger partial charge is 0.488 e. The molecule has 0 aliphatic heterocycles. The smallest absolute Gasteiger partial charge is 0.203 e. The molecular formula is C17H28BNOP. The molecule has 0 amide bonds. The average molecular weight is 304 g/mol. The van der Waals surface area contributed by atoms with Crippen molar-refractivity contribution in [3.8, 4) is 5.75 Å². The Morgan fingerprint density at radius 2 is 1.86 bits per heavy atom. The Morgan fingerprint density at radius 1 is 1.19 bits per heavy atom. The molecule has 0 aromatic heterocycles. The van der Waals surface area contributed by atoms with E-state index in [1.54, 1.807) is 0 Å². The van der Waals surface area contributed by atoms with E-state index in [9.17, 15) is 0 Å². The summed E-state index contributed by atoms with van der Waals surface area (Å²) in [6.45, 7) is 14.5. The van der Waals surface area contributed by atoms with E-state index < -0.39 is 0 Å². The van der Waals surface area contributed by atoms with Crippen molar-refractivity contribution in [1.82, 2.24) is 5.32 Å². The maximum atomic E-state index is 5.81. The average Bonchev–Trinajstić information content (AvgIpc) is 2.44. The topological polar surface area (TPSA) is 21.3 Å². The zero-order chi connectivity index (χ0) is 15.8. The second kappa shape index (κ2) is 8.49. The van der Waals surface area contributed by atoms with Crippen LogP contribution in [0.4, 0.5) is 0 Å². The van der Waals surface area contributed by atoms with Crippen LogP contribution in [-0.2, 0) is 0 Å². The molecule has 1 aromatic carbocycles. The molecule has 0 aliphatic carbocycles. The van der Waals surface area contributed by atoms with Crippen LogP contribution in [0.25, 0.3) is 0 Å². The lowest BCUT2D eigenvalue weighted by atomic mass is 9.55. The SMILES string of the molecule is CCCN/C=C\C(C)(C)C(C)(C)[B]POc1ccccc1. The third kappa shape index (κ3) is 6.14. The quantitative estimate of drug-likeness (QED) is 0.393. The highest BCUT2D eigenvalue weighted by atomic mass is 31.1. The molecule has 1 radical (unpaired) electrons. The van der Waals surface area contributed by atoms with Gasteiger partial charge in [0.1, 0.15) is 5.75 Å². The van der Waals surface area contributed by atoms with Crippen molar-refractivity contribution in [2.45, 2.75) is 46.4 Å². The molecule has 1 N–H and O–H groups in total. The zero-order valence-electron chi connectivity index (χ0n) is 13.9. The predicted octanol–water partition coefficient (Wildman–Crippen LogP) is 5.02. The summed E-state index contributed by atoms with van der Waals surface area (Å²) < 4.78 is 5.81. The molecule has 1 rings (SSSR count). The molecule has 0 heterocycles. The van der Waals surface area contributed by atoms with Crippen molar-refractivity contribution in [3.05, 3.63) is 42.6 Å². The van der Waals surface area contributed by atoms with Crippen LogP contribution < -0.4 is 9.84 Å². The first-order chi connectivity index (χ1) is 9.89. The molecule has 2 nitrogen and oxygen atoms in total. The number of para-hydroxylation sites is 1. The summed E-state index contributed by atoms with van der Waals surface area (Å²) >= 11 is 0. The second-order valence-corrected chi connectivity index (χ2v) is 7.14. The molecule has 0 spiro atoms. The Hall–Kier alpha value is -0.945. The minimum atomic E-state index is 0.0601. The minimum absolute atomic E-state index is 0.0601. The van der Waals surface area contributed by atoms with Crippen molar-refractivity contribution in [2.24, 2.45) is 5.41 Å². The second-order valence-electron chi connectivity index (χ2n) is 6.41. The molecule has 0 saturated heterocycles. The number of nitrogens with one attached hydrogen (secondary N) is 1. The molecule has 0 aliphatic rings. The Labute approximate surface area is 132 Å². The normalized spacial score (nSPS) is 13.0. The highest BCUT2D eigenvalue weighted by Gasteiger charge is 2.35. The minimum Gasteiger partial charge on any atom is -0.488 e. The van der Waals surface area contributed by atoms with Gasteiger partial charge in [0.25, 0.3) is 0 Å². The summed E-state index contributed by atoms with van der Waals surface area (Å²) in [5, 5.41) is 3.38. The maximum absolute atomic E-state index is 5.81. The fraction of sp³-hybridized carbons (Fsp3) is 0.529. The van der Waals surface area contributed by atoms with Gasteiger partial charge in [-0.05, 0) is 35.5 Å². The van der Waals surface area contributed by atoms with Gasteiger partial charge in [-0.15, -0.1) is 0 Å². The van der Waals surface area contributed by atoms with E-state index in [-0.39, 0.29) is 10.7 Å². The lowest BCUT2D eigenvalue weighted by Gasteiger charge is -2.39. The van der Waals surface area contributed by atoms with Crippen LogP contribution >= 0.6 is 8.69 Å². The van der Waals surface area contributed by atoms with Crippen LogP contribution in [0, 0.1) is 5.41 Å². The Kier molecular flexibility index (Phi) is 7.32. The molecule has 115 valence electrons. The fourth-order valence-electron chi connectivity index (χ4n) is 1.63. The molecule has 1 unspecified atom stereocenters. The van der Waals surface area contributed by atoms with Gasteiger partial charge in [0.2, 0.25) is 7.00 Å². The lowest BCUT2D eigenvalue weighted by Crippen LogP contribution is -2.29. The van der Waals surface area contributed by atoms with Crippen LogP contribution in [0.3, 0.4) is 0 Å². The van der Waals surface area contributed by atoms with Crippen LogP contribution in [-0.4, -0.2) is 13.5 Å². The first-order valence-electron chi connectivity index (χ1n) is 7.62. The summed E-state index contributed by atoms with van der Waals surface area (Å²) in [4.78, 5) is 0. The van der Waals surface area contributed by atoms with Crippen molar-refractivity contribution in [2.75, 3.05) is 6.54 Å². The highest BCUT2D eigenvalue weighted by molar-refractivity contribution is 7.67. The summed E-state index contributed by atoms with van der Waals surface area (Å²) in [7, 11) is 0.361. The lowest BCUT2D eigenvalue weighted by molar-refractivity contribution is 0.350. The van der Waals surface area contributed by atoms with E-state index >= 15 is 0 Å². The Balaban J connectivity index is 2.48. The van der Waals surface area contributed by atoms with Gasteiger partial charge in [-0.2, -0.15) is 0 Å². The number of rotatable bonds is 9. The summed E-state index contributed by atoms with van der Waals surface area (Å²) in [5.41, 5.74) is 0.0702. The van der Waals surface area contributed by atoms with Crippen LogP contribution in [0.15, 0.2) is 42.6 Å². The van der Waals surface area contributed by atoms with Crippen molar-refractivity contribution in [3.63, 3.8) is 0 Å². The van der Waals surface area contributed by atoms with Gasteiger partial charge in [-0.1, -0.05) is 58.9 Å². The standard InChI is InChI=1S/C17H28BNOP/c1-6-13-19-14-12-16(2,3)17(4,5)18-21-20-15-10-8-7-9-11-15/h7-12,14,19,21H,6,13H2,1-5H3/b14-12-. The molecule has 0 saturated carbocycles. The molecule has 0 fully saturated rings. The van der Waals surface area contributed by atoms with E-state index in [0.717, 1.165) is 18.7 Å². The van der Waals surface area contributed by atoms with Crippen LogP contribution in [0.5, 0.6) is 5.75 Å². The van der Waals surface area contributed by atoms with Gasteiger partial charge in [0.15, 0.2) is 0 Å². The highest BCUT2D eigenvalue weighted by Crippen LogP contribution is 2.48. The Bertz CT molecular complexity index is 432. The van der Waals surface area contributed by atoms with Gasteiger partial charge >= 0.3 is 0 Å². The molecule has 1 atom stereocenters. The van der Waals surface area contributed by atoms with E-state index in [0.29, 0.717) is 8.69 Å². The predicted molar refractivity (Wildman–Crippen MR) is 96.4 cm³/mol. The fourth-order valence-corrected chi connectivity index (χ4v) is 2.63. The van der Waals surface area contributed by atoms with Gasteiger partial charge in [0.05, 0.1) is 0 Å². The van der Waals surface area contributed by atoms with E-state index in [2.05, 4.69) is 59.2 Å². The molecule has 21 heavy (non-hydrogen) atoms. The van der Waals surface area contributed by atoms with Gasteiger partial charge in [0, 0.05) is 15.2 Å². The van der Waals surface area contributed by atoms with Gasteiger partial charge < -0.3 is 9.84 Å². The van der Waals surface area contributed by atoms with Crippen LogP contribution in [0.2, 0.25) is 5.31 Å². The molecule has 4 heteroatoms. The van der Waals surface area contributed by atoms with Crippen molar-refractivity contribution < 1.29 is 4.52 Å². The molecule has 0 bridgehead atoms. The summed E-state index contributed by atoms with van der Waals surface area (Å²) in [5.74, 6) is 0.931. The van der Waals surface area contributed by atoms with Crippen molar-refractivity contribution in [1.29, 1.82) is 0 Å². The summed E-state index contributed by atoms with van der Waals surface area (Å²) in [6.07, 6.45) is 5.49.